The van der Waals surface area contributed by atoms with Gasteiger partial charge in [0.25, 0.3) is 0 Å². The maximum Gasteiger partial charge on any atom is 0.231 e. The number of rotatable bonds is 2. The van der Waals surface area contributed by atoms with Crippen molar-refractivity contribution in [1.82, 2.24) is 10.1 Å². The van der Waals surface area contributed by atoms with Crippen molar-refractivity contribution in [2.75, 3.05) is 11.5 Å². The lowest BCUT2D eigenvalue weighted by Gasteiger charge is -1.98. The van der Waals surface area contributed by atoms with Gasteiger partial charge in [0.1, 0.15) is 0 Å². The van der Waals surface area contributed by atoms with Crippen LogP contribution in [0.25, 0.3) is 11.4 Å². The Balaban J connectivity index is 1.88. The van der Waals surface area contributed by atoms with Crippen molar-refractivity contribution in [3.8, 4) is 11.4 Å². The summed E-state index contributed by atoms with van der Waals surface area (Å²) in [7, 11) is -2.94. The van der Waals surface area contributed by atoms with Crippen LogP contribution in [-0.4, -0.2) is 30.1 Å². The monoisotopic (exact) mass is 342 g/mol. The van der Waals surface area contributed by atoms with Gasteiger partial charge >= 0.3 is 0 Å². The number of hydrogen-bond donors (Lipinski definition) is 0. The molecule has 3 rings (SSSR count). The van der Waals surface area contributed by atoms with E-state index in [4.69, 9.17) is 4.52 Å². The Morgan fingerprint density at radius 1 is 1.37 bits per heavy atom. The maximum absolute atomic E-state index is 11.4. The molecule has 0 saturated carbocycles. The molecule has 19 heavy (non-hydrogen) atoms. The third kappa shape index (κ3) is 2.71. The van der Waals surface area contributed by atoms with Crippen molar-refractivity contribution < 1.29 is 12.9 Å². The fourth-order valence-electron chi connectivity index (χ4n) is 2.14. The van der Waals surface area contributed by atoms with Crippen molar-refractivity contribution in [2.24, 2.45) is 0 Å². The predicted octanol–water partition coefficient (Wildman–Crippen LogP) is 2.40. The zero-order chi connectivity index (χ0) is 13.5. The number of sulfone groups is 1. The molecule has 1 atom stereocenters. The lowest BCUT2D eigenvalue weighted by atomic mass is 10.1. The zero-order valence-corrected chi connectivity index (χ0v) is 12.3. The number of halogens is 1. The van der Waals surface area contributed by atoms with Gasteiger partial charge in [-0.15, -0.1) is 0 Å². The van der Waals surface area contributed by atoms with E-state index in [1.807, 2.05) is 24.3 Å². The summed E-state index contributed by atoms with van der Waals surface area (Å²) in [6.07, 6.45) is 0.558. The molecule has 2 aromatic rings. The van der Waals surface area contributed by atoms with Crippen LogP contribution in [0, 0.1) is 0 Å². The summed E-state index contributed by atoms with van der Waals surface area (Å²) in [4.78, 5) is 4.31. The molecule has 100 valence electrons. The van der Waals surface area contributed by atoms with Crippen LogP contribution in [0.4, 0.5) is 0 Å². The molecule has 2 heterocycles. The topological polar surface area (TPSA) is 73.1 Å². The van der Waals surface area contributed by atoms with Gasteiger partial charge in [-0.1, -0.05) is 33.2 Å². The Morgan fingerprint density at radius 2 is 2.21 bits per heavy atom. The quantitative estimate of drug-likeness (QED) is 0.837. The Labute approximate surface area is 119 Å². The molecule has 1 aromatic carbocycles. The van der Waals surface area contributed by atoms with Crippen molar-refractivity contribution in [3.05, 3.63) is 34.6 Å². The van der Waals surface area contributed by atoms with Crippen LogP contribution in [0.3, 0.4) is 0 Å². The lowest BCUT2D eigenvalue weighted by molar-refractivity contribution is 0.361. The van der Waals surface area contributed by atoms with E-state index in [1.54, 1.807) is 0 Å². The van der Waals surface area contributed by atoms with Crippen LogP contribution in [0.15, 0.2) is 33.3 Å². The first kappa shape index (κ1) is 12.8. The van der Waals surface area contributed by atoms with Crippen LogP contribution in [0.2, 0.25) is 0 Å². The van der Waals surface area contributed by atoms with E-state index in [0.717, 1.165) is 10.0 Å². The molecule has 7 heteroatoms. The Hall–Kier alpha value is -1.21. The molecule has 0 N–H and O–H groups in total. The highest BCUT2D eigenvalue weighted by Crippen LogP contribution is 2.29. The van der Waals surface area contributed by atoms with Gasteiger partial charge in [-0.2, -0.15) is 4.98 Å². The number of hydrogen-bond acceptors (Lipinski definition) is 5. The summed E-state index contributed by atoms with van der Waals surface area (Å²) >= 11 is 3.38. The molecule has 0 bridgehead atoms. The van der Waals surface area contributed by atoms with Gasteiger partial charge < -0.3 is 4.52 Å². The number of nitrogens with zero attached hydrogens (tertiary/aromatic N) is 2. The summed E-state index contributed by atoms with van der Waals surface area (Å²) in [5.74, 6) is 1.04. The predicted molar refractivity (Wildman–Crippen MR) is 73.4 cm³/mol. The number of benzene rings is 1. The Kier molecular flexibility index (Phi) is 3.18. The minimum Gasteiger partial charge on any atom is -0.339 e. The largest absolute Gasteiger partial charge is 0.339 e. The molecule has 1 aliphatic heterocycles. The second-order valence-electron chi connectivity index (χ2n) is 4.57. The normalized spacial score (nSPS) is 21.6. The van der Waals surface area contributed by atoms with Gasteiger partial charge in [-0.3, -0.25) is 0 Å². The molecule has 1 fully saturated rings. The Morgan fingerprint density at radius 3 is 2.89 bits per heavy atom. The van der Waals surface area contributed by atoms with Gasteiger partial charge in [0.05, 0.1) is 17.4 Å². The number of aromatic nitrogens is 2. The van der Waals surface area contributed by atoms with E-state index in [9.17, 15) is 8.42 Å². The van der Waals surface area contributed by atoms with Crippen LogP contribution < -0.4 is 0 Å². The molecule has 1 aromatic heterocycles. The highest BCUT2D eigenvalue weighted by atomic mass is 79.9. The van der Waals surface area contributed by atoms with Crippen molar-refractivity contribution >= 4 is 25.8 Å². The molecule has 1 saturated heterocycles. The van der Waals surface area contributed by atoms with Gasteiger partial charge in [-0.25, -0.2) is 8.42 Å². The molecule has 0 radical (unpaired) electrons. The molecule has 1 unspecified atom stereocenters. The first-order chi connectivity index (χ1) is 9.03. The maximum atomic E-state index is 11.4. The summed E-state index contributed by atoms with van der Waals surface area (Å²) in [5.41, 5.74) is 0.838. The van der Waals surface area contributed by atoms with Crippen molar-refractivity contribution in [2.45, 2.75) is 12.3 Å². The minimum atomic E-state index is -2.94. The highest BCUT2D eigenvalue weighted by Gasteiger charge is 2.32. The molecule has 0 amide bonds. The molecule has 0 spiro atoms. The smallest absolute Gasteiger partial charge is 0.231 e. The van der Waals surface area contributed by atoms with Gasteiger partial charge in [0.15, 0.2) is 9.84 Å². The zero-order valence-electron chi connectivity index (χ0n) is 9.91. The van der Waals surface area contributed by atoms with Gasteiger partial charge in [-0.05, 0) is 18.6 Å². The van der Waals surface area contributed by atoms with Crippen LogP contribution in [-0.2, 0) is 9.84 Å². The SMILES string of the molecule is O=S1(=O)CCC(c2nc(-c3cccc(Br)c3)no2)C1. The Bertz CT molecular complexity index is 711. The molecular formula is C12H11BrN2O3S. The van der Waals surface area contributed by atoms with Gasteiger partial charge in [0.2, 0.25) is 11.7 Å². The fourth-order valence-corrected chi connectivity index (χ4v) is 4.27. The summed E-state index contributed by atoms with van der Waals surface area (Å²) in [6.45, 7) is 0. The van der Waals surface area contributed by atoms with Crippen LogP contribution in [0.1, 0.15) is 18.2 Å². The van der Waals surface area contributed by atoms with Crippen LogP contribution in [0.5, 0.6) is 0 Å². The lowest BCUT2D eigenvalue weighted by Crippen LogP contribution is -2.03. The molecule has 5 nitrogen and oxygen atoms in total. The third-order valence-corrected chi connectivity index (χ3v) is 5.37. The average molecular weight is 343 g/mol. The first-order valence-electron chi connectivity index (χ1n) is 5.83. The van der Waals surface area contributed by atoms with E-state index in [2.05, 4.69) is 26.1 Å². The average Bonchev–Trinajstić information content (AvgIpc) is 2.95. The molecule has 0 aliphatic carbocycles. The van der Waals surface area contributed by atoms with E-state index >= 15 is 0 Å². The molecule has 1 aliphatic rings. The summed E-state index contributed by atoms with van der Waals surface area (Å²) in [6, 6.07) is 7.56. The molecular weight excluding hydrogens is 332 g/mol. The van der Waals surface area contributed by atoms with E-state index in [-0.39, 0.29) is 17.4 Å². The van der Waals surface area contributed by atoms with E-state index in [0.29, 0.717) is 18.1 Å². The summed E-state index contributed by atoms with van der Waals surface area (Å²) in [5, 5.41) is 3.92. The standard InChI is InChI=1S/C12H11BrN2O3S/c13-10-3-1-2-8(6-10)11-14-12(18-15-11)9-4-5-19(16,17)7-9/h1-3,6,9H,4-5,7H2. The van der Waals surface area contributed by atoms with E-state index in [1.165, 1.54) is 0 Å². The summed E-state index contributed by atoms with van der Waals surface area (Å²) < 4.78 is 29.0. The fraction of sp³-hybridized carbons (Fsp3) is 0.333. The first-order valence-corrected chi connectivity index (χ1v) is 8.45. The van der Waals surface area contributed by atoms with Crippen molar-refractivity contribution in [1.29, 1.82) is 0 Å². The van der Waals surface area contributed by atoms with Crippen molar-refractivity contribution in [3.63, 3.8) is 0 Å². The third-order valence-electron chi connectivity index (χ3n) is 3.11. The minimum absolute atomic E-state index is 0.104. The van der Waals surface area contributed by atoms with Gasteiger partial charge in [0, 0.05) is 10.0 Å². The second kappa shape index (κ2) is 4.72. The highest BCUT2D eigenvalue weighted by molar-refractivity contribution is 9.10. The van der Waals surface area contributed by atoms with Crippen LogP contribution >= 0.6 is 15.9 Å². The second-order valence-corrected chi connectivity index (χ2v) is 7.71. The van der Waals surface area contributed by atoms with E-state index < -0.39 is 9.84 Å².